The van der Waals surface area contributed by atoms with Gasteiger partial charge in [0.2, 0.25) is 0 Å². The molecule has 30 heavy (non-hydrogen) atoms. The van der Waals surface area contributed by atoms with Crippen LogP contribution in [0.15, 0.2) is 52.1 Å². The zero-order valence-electron chi connectivity index (χ0n) is 17.5. The number of carbonyl (C=O) groups is 1. The van der Waals surface area contributed by atoms with Gasteiger partial charge in [0, 0.05) is 33.2 Å². The highest BCUT2D eigenvalue weighted by molar-refractivity contribution is 14.0. The lowest BCUT2D eigenvalue weighted by Gasteiger charge is -2.26. The molecule has 1 saturated heterocycles. The second-order valence-electron chi connectivity index (χ2n) is 7.24. The third kappa shape index (κ3) is 7.98. The van der Waals surface area contributed by atoms with E-state index < -0.39 is 0 Å². The summed E-state index contributed by atoms with van der Waals surface area (Å²) in [6.45, 7) is 5.22. The maximum absolute atomic E-state index is 11.8. The highest BCUT2D eigenvalue weighted by Crippen LogP contribution is 2.13. The first-order valence-corrected chi connectivity index (χ1v) is 10.3. The maximum Gasteiger partial charge on any atom is 0.287 e. The van der Waals surface area contributed by atoms with Gasteiger partial charge in [-0.1, -0.05) is 30.7 Å². The van der Waals surface area contributed by atoms with Crippen molar-refractivity contribution in [1.29, 1.82) is 0 Å². The molecule has 1 amide bonds. The highest BCUT2D eigenvalue weighted by Gasteiger charge is 2.10. The summed E-state index contributed by atoms with van der Waals surface area (Å²) >= 11 is 0. The van der Waals surface area contributed by atoms with E-state index in [0.29, 0.717) is 31.4 Å². The summed E-state index contributed by atoms with van der Waals surface area (Å²) in [4.78, 5) is 18.6. The number of guanidine groups is 1. The lowest BCUT2D eigenvalue weighted by molar-refractivity contribution is 0.0926. The molecule has 1 aromatic heterocycles. The number of aliphatic imine (C=N–C) groups is 1. The predicted octanol–water partition coefficient (Wildman–Crippen LogP) is 2.98. The lowest BCUT2D eigenvalue weighted by atomic mass is 10.1. The molecule has 0 unspecified atom stereocenters. The van der Waals surface area contributed by atoms with Crippen LogP contribution in [0, 0.1) is 0 Å². The molecule has 3 N–H and O–H groups in total. The molecule has 1 aliphatic heterocycles. The van der Waals surface area contributed by atoms with Gasteiger partial charge in [-0.25, -0.2) is 0 Å². The van der Waals surface area contributed by atoms with E-state index in [1.54, 1.807) is 19.2 Å². The van der Waals surface area contributed by atoms with Crippen molar-refractivity contribution in [2.24, 2.45) is 4.99 Å². The van der Waals surface area contributed by atoms with Crippen molar-refractivity contribution in [1.82, 2.24) is 20.9 Å². The number of piperidine rings is 1. The smallest absolute Gasteiger partial charge is 0.287 e. The van der Waals surface area contributed by atoms with Crippen molar-refractivity contribution < 1.29 is 9.21 Å². The number of rotatable bonds is 8. The summed E-state index contributed by atoms with van der Waals surface area (Å²) in [7, 11) is 1.73. The minimum Gasteiger partial charge on any atom is -0.459 e. The number of nitrogens with one attached hydrogen (secondary N) is 3. The largest absolute Gasteiger partial charge is 0.459 e. The van der Waals surface area contributed by atoms with Crippen LogP contribution in [0.2, 0.25) is 0 Å². The third-order valence-corrected chi connectivity index (χ3v) is 5.01. The maximum atomic E-state index is 11.8. The van der Waals surface area contributed by atoms with E-state index in [9.17, 15) is 4.79 Å². The van der Waals surface area contributed by atoms with Crippen molar-refractivity contribution in [3.63, 3.8) is 0 Å². The van der Waals surface area contributed by atoms with Crippen LogP contribution in [0.5, 0.6) is 0 Å². The monoisotopic (exact) mass is 525 g/mol. The molecular formula is C22H32IN5O2. The summed E-state index contributed by atoms with van der Waals surface area (Å²) in [6.07, 6.45) is 5.49. The molecule has 2 heterocycles. The van der Waals surface area contributed by atoms with Crippen molar-refractivity contribution in [2.75, 3.05) is 33.2 Å². The van der Waals surface area contributed by atoms with Crippen molar-refractivity contribution in [2.45, 2.75) is 32.4 Å². The Morgan fingerprint density at radius 1 is 1.00 bits per heavy atom. The van der Waals surface area contributed by atoms with Crippen LogP contribution in [-0.2, 0) is 13.1 Å². The van der Waals surface area contributed by atoms with E-state index in [1.165, 1.54) is 49.7 Å². The first-order chi connectivity index (χ1) is 14.2. The molecule has 1 fully saturated rings. The number of furan rings is 1. The second-order valence-corrected chi connectivity index (χ2v) is 7.24. The van der Waals surface area contributed by atoms with E-state index >= 15 is 0 Å². The quantitative estimate of drug-likeness (QED) is 0.214. The van der Waals surface area contributed by atoms with Gasteiger partial charge < -0.3 is 20.4 Å². The molecule has 164 valence electrons. The molecule has 1 aliphatic rings. The number of hydrogen-bond donors (Lipinski definition) is 3. The molecule has 0 atom stereocenters. The Balaban J connectivity index is 0.00000320. The fraction of sp³-hybridized carbons (Fsp3) is 0.455. The van der Waals surface area contributed by atoms with Crippen LogP contribution >= 0.6 is 24.0 Å². The Kier molecular flexibility index (Phi) is 10.7. The summed E-state index contributed by atoms with van der Waals surface area (Å²) in [5.74, 6) is 0.801. The third-order valence-electron chi connectivity index (χ3n) is 5.01. The zero-order valence-corrected chi connectivity index (χ0v) is 19.9. The number of benzene rings is 1. The Bertz CT molecular complexity index is 771. The number of hydrogen-bond acceptors (Lipinski definition) is 4. The van der Waals surface area contributed by atoms with Crippen LogP contribution < -0.4 is 16.0 Å². The highest BCUT2D eigenvalue weighted by atomic mass is 127. The second kappa shape index (κ2) is 13.3. The van der Waals surface area contributed by atoms with Gasteiger partial charge in [0.15, 0.2) is 11.7 Å². The van der Waals surface area contributed by atoms with E-state index in [1.807, 2.05) is 0 Å². The van der Waals surface area contributed by atoms with E-state index in [0.717, 1.165) is 6.54 Å². The van der Waals surface area contributed by atoms with E-state index in [-0.39, 0.29) is 29.9 Å². The van der Waals surface area contributed by atoms with Gasteiger partial charge in [0.05, 0.1) is 6.26 Å². The molecule has 8 heteroatoms. The topological polar surface area (TPSA) is 81.9 Å². The average Bonchev–Trinajstić information content (AvgIpc) is 3.30. The Labute approximate surface area is 195 Å². The zero-order chi connectivity index (χ0) is 20.3. The SMILES string of the molecule is CN=C(NCCNC(=O)c1ccco1)NCc1ccc(CN2CCCCC2)cc1.I. The summed E-state index contributed by atoms with van der Waals surface area (Å²) in [6, 6.07) is 12.1. The van der Waals surface area contributed by atoms with Gasteiger partial charge in [0.25, 0.3) is 5.91 Å². The molecule has 1 aromatic carbocycles. The number of halogens is 1. The number of likely N-dealkylation sites (tertiary alicyclic amines) is 1. The standard InChI is InChI=1S/C22H31N5O2.HI/c1-23-22(25-12-11-24-21(28)20-6-5-15-29-20)26-16-18-7-9-19(10-8-18)17-27-13-3-2-4-14-27;/h5-10,15H,2-4,11-14,16-17H2,1H3,(H,24,28)(H2,23,25,26);1H. The minimum atomic E-state index is -0.218. The first kappa shape index (κ1) is 24.2. The predicted molar refractivity (Wildman–Crippen MR) is 130 cm³/mol. The summed E-state index contributed by atoms with van der Waals surface area (Å²) < 4.78 is 5.06. The van der Waals surface area contributed by atoms with Gasteiger partial charge in [-0.15, -0.1) is 24.0 Å². The van der Waals surface area contributed by atoms with Gasteiger partial charge in [-0.3, -0.25) is 14.7 Å². The lowest BCUT2D eigenvalue weighted by Crippen LogP contribution is -2.41. The molecular weight excluding hydrogens is 493 g/mol. The number of carbonyl (C=O) groups excluding carboxylic acids is 1. The van der Waals surface area contributed by atoms with E-state index in [2.05, 4.69) is 50.1 Å². The number of amides is 1. The Morgan fingerprint density at radius 2 is 1.70 bits per heavy atom. The molecule has 7 nitrogen and oxygen atoms in total. The normalized spacial score (nSPS) is 14.6. The fourth-order valence-electron chi connectivity index (χ4n) is 3.40. The van der Waals surface area contributed by atoms with Crippen LogP contribution in [-0.4, -0.2) is 50.0 Å². The number of nitrogens with zero attached hydrogens (tertiary/aromatic N) is 2. The molecule has 0 radical (unpaired) electrons. The van der Waals surface area contributed by atoms with Crippen LogP contribution in [0.3, 0.4) is 0 Å². The fourth-order valence-corrected chi connectivity index (χ4v) is 3.40. The van der Waals surface area contributed by atoms with Gasteiger partial charge in [-0.2, -0.15) is 0 Å². The Morgan fingerprint density at radius 3 is 2.37 bits per heavy atom. The van der Waals surface area contributed by atoms with Crippen LogP contribution in [0.25, 0.3) is 0 Å². The summed E-state index contributed by atoms with van der Waals surface area (Å²) in [5.41, 5.74) is 2.58. The first-order valence-electron chi connectivity index (χ1n) is 10.3. The van der Waals surface area contributed by atoms with Crippen molar-refractivity contribution >= 4 is 35.8 Å². The van der Waals surface area contributed by atoms with E-state index in [4.69, 9.17) is 4.42 Å². The van der Waals surface area contributed by atoms with Crippen molar-refractivity contribution in [3.05, 3.63) is 59.5 Å². The molecule has 0 bridgehead atoms. The van der Waals surface area contributed by atoms with Crippen LogP contribution in [0.1, 0.15) is 40.9 Å². The van der Waals surface area contributed by atoms with Crippen LogP contribution in [0.4, 0.5) is 0 Å². The van der Waals surface area contributed by atoms with Gasteiger partial charge in [0.1, 0.15) is 0 Å². The molecule has 0 spiro atoms. The van der Waals surface area contributed by atoms with Gasteiger partial charge in [-0.05, 0) is 49.2 Å². The molecule has 0 saturated carbocycles. The van der Waals surface area contributed by atoms with Crippen molar-refractivity contribution in [3.8, 4) is 0 Å². The molecule has 3 rings (SSSR count). The average molecular weight is 525 g/mol. The summed E-state index contributed by atoms with van der Waals surface area (Å²) in [5, 5.41) is 9.29. The molecule has 0 aliphatic carbocycles. The minimum absolute atomic E-state index is 0. The molecule has 2 aromatic rings. The van der Waals surface area contributed by atoms with Gasteiger partial charge >= 0.3 is 0 Å². The Hall–Kier alpha value is -2.07.